The van der Waals surface area contributed by atoms with E-state index in [0.29, 0.717) is 0 Å². The number of rotatable bonds is 5. The summed E-state index contributed by atoms with van der Waals surface area (Å²) >= 11 is 0. The third-order valence-electron chi connectivity index (χ3n) is 7.77. The van der Waals surface area contributed by atoms with E-state index in [1.54, 1.807) is 0 Å². The van der Waals surface area contributed by atoms with Crippen molar-refractivity contribution < 1.29 is 35.9 Å². The summed E-state index contributed by atoms with van der Waals surface area (Å²) in [5.74, 6) is -0.194. The molecule has 220 valence electrons. The molecule has 9 aromatic rings. The summed E-state index contributed by atoms with van der Waals surface area (Å²) in [5, 5.41) is -1.81. The van der Waals surface area contributed by atoms with E-state index in [2.05, 4.69) is 0 Å². The SMILES string of the molecule is [2H]c1c([2H])c([2H])c(-c2cccc(-c3oc4cc(-c5c([2H])c([2H])c([2H])c([2H])c5[2H])ccc4c3-c3c4c([2H])c([2H])c([2H])c([2H])c4c(-c4c([2H])c([2H])c([2H])c([2H])c4[2H])c4c([2H])c([2H])c([2H])c([2H])c34)c2)c([2H])c1[2H]. The van der Waals surface area contributed by atoms with Gasteiger partial charge in [-0.05, 0) is 73.1 Å². The summed E-state index contributed by atoms with van der Waals surface area (Å²) in [6.45, 7) is 0. The molecule has 0 aliphatic rings. The lowest BCUT2D eigenvalue weighted by Gasteiger charge is -2.18. The Kier molecular flexibility index (Phi) is 3.02. The lowest BCUT2D eigenvalue weighted by atomic mass is 9.84. The Morgan fingerprint density at radius 3 is 1.38 bits per heavy atom. The van der Waals surface area contributed by atoms with Crippen LogP contribution in [0, 0.1) is 0 Å². The molecule has 0 saturated carbocycles. The van der Waals surface area contributed by atoms with Gasteiger partial charge in [-0.25, -0.2) is 0 Å². The molecule has 9 rings (SSSR count). The van der Waals surface area contributed by atoms with Gasteiger partial charge in [-0.15, -0.1) is 0 Å². The molecule has 0 saturated heterocycles. The minimum atomic E-state index is -0.847. The van der Waals surface area contributed by atoms with Gasteiger partial charge < -0.3 is 4.42 Å². The lowest BCUT2D eigenvalue weighted by Crippen LogP contribution is -1.91. The normalized spacial score (nSPS) is 18.3. The molecule has 0 atom stereocenters. The van der Waals surface area contributed by atoms with E-state index in [1.165, 1.54) is 42.5 Å². The molecule has 0 amide bonds. The van der Waals surface area contributed by atoms with Crippen LogP contribution in [0.25, 0.3) is 88.3 Å². The predicted octanol–water partition coefficient (Wildman–Crippen LogP) is 13.1. The monoisotopic (exact) mass is 621 g/mol. The second kappa shape index (κ2) is 11.3. The molecule has 1 heteroatoms. The molecule has 1 heterocycles. The first-order valence-electron chi connectivity index (χ1n) is 25.7. The largest absolute Gasteiger partial charge is 0.455 e. The third-order valence-corrected chi connectivity index (χ3v) is 7.77. The first-order valence-corrected chi connectivity index (χ1v) is 14.2. The topological polar surface area (TPSA) is 13.1 Å². The van der Waals surface area contributed by atoms with Crippen molar-refractivity contribution in [2.75, 3.05) is 0 Å². The van der Waals surface area contributed by atoms with Gasteiger partial charge in [0.2, 0.25) is 0 Å². The number of hydrogen-bond donors (Lipinski definition) is 0. The highest BCUT2D eigenvalue weighted by Crippen LogP contribution is 2.50. The molecule has 47 heavy (non-hydrogen) atoms. The highest BCUT2D eigenvalue weighted by molar-refractivity contribution is 6.25. The van der Waals surface area contributed by atoms with Crippen LogP contribution in [0.4, 0.5) is 0 Å². The summed E-state index contributed by atoms with van der Waals surface area (Å²) in [6, 6.07) is -6.82. The molecule has 0 aliphatic heterocycles. The second-order valence-electron chi connectivity index (χ2n) is 10.3. The standard InChI is InChI=1S/C46H30O/c1-4-15-31(16-5-1)34-21-14-22-36(29-34)46-45(41-28-27-35(30-42(41)47-46)32-17-6-2-7-18-32)44-39-25-12-10-23-37(39)43(33-19-8-3-9-20-33)38-24-11-13-26-40(38)44/h1-30H/i1D,2D,3D,4D,5D,6D,7D,8D,9D,10D,11D,12D,13D,15D,16D,17D,18D,19D,20D,23D,24D,25D,26D. The van der Waals surface area contributed by atoms with Crippen molar-refractivity contribution in [3.8, 4) is 55.8 Å². The lowest BCUT2D eigenvalue weighted by molar-refractivity contribution is 0.632. The maximum Gasteiger partial charge on any atom is 0.143 e. The Morgan fingerprint density at radius 2 is 0.809 bits per heavy atom. The number of hydrogen-bond acceptors (Lipinski definition) is 1. The van der Waals surface area contributed by atoms with Crippen molar-refractivity contribution in [3.05, 3.63) is 181 Å². The predicted molar refractivity (Wildman–Crippen MR) is 198 cm³/mol. The number of fused-ring (bicyclic) bond motifs is 3. The Labute approximate surface area is 306 Å². The summed E-state index contributed by atoms with van der Waals surface area (Å²) < 4.78 is 208. The fraction of sp³-hybridized carbons (Fsp3) is 0. The molecular formula is C46H30O. The molecule has 1 nitrogen and oxygen atoms in total. The molecule has 0 fully saturated rings. The maximum atomic E-state index is 9.54. The summed E-state index contributed by atoms with van der Waals surface area (Å²) in [6.07, 6.45) is 0. The summed E-state index contributed by atoms with van der Waals surface area (Å²) in [4.78, 5) is 0. The molecule has 0 bridgehead atoms. The first-order chi connectivity index (χ1) is 32.9. The van der Waals surface area contributed by atoms with Gasteiger partial charge in [-0.1, -0.05) is 163 Å². The van der Waals surface area contributed by atoms with Crippen LogP contribution in [0.5, 0.6) is 0 Å². The van der Waals surface area contributed by atoms with Crippen molar-refractivity contribution in [3.63, 3.8) is 0 Å². The van der Waals surface area contributed by atoms with Crippen LogP contribution in [0.3, 0.4) is 0 Å². The Balaban J connectivity index is 1.56. The fourth-order valence-corrected chi connectivity index (χ4v) is 5.81. The van der Waals surface area contributed by atoms with Crippen molar-refractivity contribution in [1.82, 2.24) is 0 Å². The van der Waals surface area contributed by atoms with Crippen molar-refractivity contribution in [2.24, 2.45) is 0 Å². The zero-order chi connectivity index (χ0) is 51.2. The van der Waals surface area contributed by atoms with Gasteiger partial charge in [0.05, 0.1) is 31.5 Å². The van der Waals surface area contributed by atoms with E-state index in [4.69, 9.17) is 30.5 Å². The average Bonchev–Trinajstić information content (AvgIpc) is 3.73. The zero-order valence-corrected chi connectivity index (χ0v) is 23.9. The van der Waals surface area contributed by atoms with Gasteiger partial charge in [0.25, 0.3) is 0 Å². The summed E-state index contributed by atoms with van der Waals surface area (Å²) in [7, 11) is 0. The molecule has 0 aliphatic carbocycles. The van der Waals surface area contributed by atoms with Gasteiger partial charge >= 0.3 is 0 Å². The highest BCUT2D eigenvalue weighted by Gasteiger charge is 2.24. The van der Waals surface area contributed by atoms with Crippen LogP contribution in [0.1, 0.15) is 31.5 Å². The van der Waals surface area contributed by atoms with Crippen LogP contribution in [0.2, 0.25) is 0 Å². The minimum Gasteiger partial charge on any atom is -0.455 e. The van der Waals surface area contributed by atoms with Gasteiger partial charge in [-0.2, -0.15) is 0 Å². The minimum absolute atomic E-state index is 0.0549. The molecular weight excluding hydrogens is 569 g/mol. The van der Waals surface area contributed by atoms with Crippen LogP contribution in [-0.4, -0.2) is 0 Å². The number of benzene rings is 8. The average molecular weight is 622 g/mol. The van der Waals surface area contributed by atoms with E-state index in [0.717, 1.165) is 0 Å². The Morgan fingerprint density at radius 1 is 0.340 bits per heavy atom. The van der Waals surface area contributed by atoms with E-state index in [9.17, 15) is 5.48 Å². The van der Waals surface area contributed by atoms with E-state index in [-0.39, 0.29) is 55.7 Å². The third kappa shape index (κ3) is 4.64. The second-order valence-corrected chi connectivity index (χ2v) is 10.3. The van der Waals surface area contributed by atoms with Crippen molar-refractivity contribution in [1.29, 1.82) is 0 Å². The van der Waals surface area contributed by atoms with Crippen LogP contribution in [0.15, 0.2) is 186 Å². The maximum absolute atomic E-state index is 9.54. The Hall–Kier alpha value is -6.18. The van der Waals surface area contributed by atoms with Gasteiger partial charge in [-0.3, -0.25) is 0 Å². The van der Waals surface area contributed by atoms with E-state index >= 15 is 0 Å². The molecule has 0 spiro atoms. The zero-order valence-electron chi connectivity index (χ0n) is 46.9. The molecule has 8 aromatic carbocycles. The van der Waals surface area contributed by atoms with Gasteiger partial charge in [0.1, 0.15) is 11.3 Å². The highest BCUT2D eigenvalue weighted by atomic mass is 16.3. The van der Waals surface area contributed by atoms with E-state index in [1.807, 2.05) is 0 Å². The van der Waals surface area contributed by atoms with Crippen LogP contribution in [-0.2, 0) is 0 Å². The first kappa shape index (κ1) is 12.5. The number of furan rings is 1. The smallest absolute Gasteiger partial charge is 0.143 e. The van der Waals surface area contributed by atoms with Crippen LogP contribution >= 0.6 is 0 Å². The van der Waals surface area contributed by atoms with E-state index < -0.39 is 172 Å². The molecule has 0 unspecified atom stereocenters. The molecule has 0 N–H and O–H groups in total. The quantitative estimate of drug-likeness (QED) is 0.174. The van der Waals surface area contributed by atoms with Crippen molar-refractivity contribution in [2.45, 2.75) is 0 Å². The van der Waals surface area contributed by atoms with Crippen LogP contribution < -0.4 is 0 Å². The Bertz CT molecular complexity index is 3710. The molecule has 0 radical (unpaired) electrons. The fourth-order valence-electron chi connectivity index (χ4n) is 5.81. The molecule has 1 aromatic heterocycles. The van der Waals surface area contributed by atoms with Gasteiger partial charge in [0, 0.05) is 22.1 Å². The summed E-state index contributed by atoms with van der Waals surface area (Å²) in [5.41, 5.74) is -1.89. The van der Waals surface area contributed by atoms with Crippen molar-refractivity contribution >= 4 is 32.5 Å². The van der Waals surface area contributed by atoms with Gasteiger partial charge in [0.15, 0.2) is 0 Å².